The number of benzene rings is 1. The van der Waals surface area contributed by atoms with Crippen molar-refractivity contribution in [2.45, 2.75) is 39.7 Å². The molecule has 0 radical (unpaired) electrons. The van der Waals surface area contributed by atoms with E-state index in [2.05, 4.69) is 21.7 Å². The SMILES string of the molecule is C=CC(=O)N1CCN(c2nc(=O)n(-c3c(C)noc3CCC)c3nc(-c4c(O)cccc4F)c(Cl)cc23)[C@@H](C)C1. The third kappa shape index (κ3) is 4.60. The first-order valence-electron chi connectivity index (χ1n) is 12.9. The molecule has 1 fully saturated rings. The molecule has 0 bridgehead atoms. The van der Waals surface area contributed by atoms with E-state index in [1.54, 1.807) is 17.9 Å². The zero-order chi connectivity index (χ0) is 28.7. The number of phenolic OH excluding ortho intramolecular Hbond substituents is 1. The molecule has 1 amide bonds. The number of fused-ring (bicyclic) bond motifs is 1. The lowest BCUT2D eigenvalue weighted by Gasteiger charge is -2.40. The molecule has 40 heavy (non-hydrogen) atoms. The molecule has 12 heteroatoms. The highest BCUT2D eigenvalue weighted by Crippen LogP contribution is 2.39. The maximum Gasteiger partial charge on any atom is 0.356 e. The summed E-state index contributed by atoms with van der Waals surface area (Å²) in [4.78, 5) is 38.7. The minimum Gasteiger partial charge on any atom is -0.507 e. The fourth-order valence-electron chi connectivity index (χ4n) is 5.14. The molecule has 0 unspecified atom stereocenters. The Morgan fingerprint density at radius 3 is 2.77 bits per heavy atom. The number of anilines is 1. The first-order chi connectivity index (χ1) is 19.2. The molecule has 0 spiro atoms. The summed E-state index contributed by atoms with van der Waals surface area (Å²) < 4.78 is 21.8. The van der Waals surface area contributed by atoms with Gasteiger partial charge in [0.05, 0.1) is 21.7 Å². The molecule has 10 nitrogen and oxygen atoms in total. The fourth-order valence-corrected chi connectivity index (χ4v) is 5.39. The van der Waals surface area contributed by atoms with Gasteiger partial charge in [0.1, 0.15) is 28.8 Å². The molecule has 1 N–H and O–H groups in total. The van der Waals surface area contributed by atoms with Crippen LogP contribution < -0.4 is 10.6 Å². The summed E-state index contributed by atoms with van der Waals surface area (Å²) in [6.45, 7) is 10.4. The number of aromatic hydroxyl groups is 1. The number of halogens is 2. The van der Waals surface area contributed by atoms with Crippen LogP contribution in [0.5, 0.6) is 5.75 Å². The standard InChI is InChI=1S/C28H28ClFN6O4/c1-5-8-21-25(16(4)33-40-21)36-27-17(13-18(29)24(31-27)23-19(30)9-7-10-20(23)37)26(32-28(36)39)35-12-11-34(14-15(35)3)22(38)6-2/h6-7,9-10,13,15,37H,2,5,8,11-12,14H2,1,3-4H3/t15-/m0/s1. The van der Waals surface area contributed by atoms with Gasteiger partial charge in [-0.2, -0.15) is 4.98 Å². The van der Waals surface area contributed by atoms with Gasteiger partial charge in [-0.3, -0.25) is 4.79 Å². The number of amides is 1. The number of pyridine rings is 1. The smallest absolute Gasteiger partial charge is 0.356 e. The predicted molar refractivity (Wildman–Crippen MR) is 150 cm³/mol. The topological polar surface area (TPSA) is 118 Å². The number of hydrogen-bond donors (Lipinski definition) is 1. The Labute approximate surface area is 234 Å². The van der Waals surface area contributed by atoms with Gasteiger partial charge in [-0.25, -0.2) is 18.7 Å². The Morgan fingerprint density at radius 2 is 2.10 bits per heavy atom. The highest BCUT2D eigenvalue weighted by atomic mass is 35.5. The Balaban J connectivity index is 1.80. The lowest BCUT2D eigenvalue weighted by Crippen LogP contribution is -2.54. The number of rotatable bonds is 6. The maximum atomic E-state index is 14.9. The van der Waals surface area contributed by atoms with Crippen LogP contribution >= 0.6 is 11.6 Å². The normalized spacial score (nSPS) is 15.6. The van der Waals surface area contributed by atoms with Crippen LogP contribution in [0.2, 0.25) is 5.02 Å². The van der Waals surface area contributed by atoms with E-state index >= 15 is 0 Å². The molecule has 4 heterocycles. The van der Waals surface area contributed by atoms with Crippen molar-refractivity contribution in [2.75, 3.05) is 24.5 Å². The van der Waals surface area contributed by atoms with E-state index in [0.717, 1.165) is 6.42 Å². The van der Waals surface area contributed by atoms with Gasteiger partial charge < -0.3 is 19.4 Å². The molecule has 0 aliphatic carbocycles. The molecular weight excluding hydrogens is 539 g/mol. The summed E-state index contributed by atoms with van der Waals surface area (Å²) in [5.74, 6) is -0.429. The second-order valence-corrected chi connectivity index (χ2v) is 10.1. The lowest BCUT2D eigenvalue weighted by atomic mass is 10.1. The largest absolute Gasteiger partial charge is 0.507 e. The first kappa shape index (κ1) is 27.3. The summed E-state index contributed by atoms with van der Waals surface area (Å²) in [6.07, 6.45) is 2.52. The van der Waals surface area contributed by atoms with Crippen LogP contribution in [-0.2, 0) is 11.2 Å². The van der Waals surface area contributed by atoms with E-state index in [-0.39, 0.29) is 39.6 Å². The van der Waals surface area contributed by atoms with Gasteiger partial charge in [-0.15, -0.1) is 0 Å². The molecular formula is C28H28ClFN6O4. The Bertz CT molecular complexity index is 1680. The van der Waals surface area contributed by atoms with Crippen molar-refractivity contribution in [3.05, 3.63) is 69.7 Å². The molecule has 1 saturated heterocycles. The zero-order valence-electron chi connectivity index (χ0n) is 22.3. The highest BCUT2D eigenvalue weighted by Gasteiger charge is 2.31. The van der Waals surface area contributed by atoms with Crippen LogP contribution in [0.1, 0.15) is 31.7 Å². The summed E-state index contributed by atoms with van der Waals surface area (Å²) in [6, 6.07) is 5.26. The van der Waals surface area contributed by atoms with Crippen molar-refractivity contribution >= 4 is 34.4 Å². The van der Waals surface area contributed by atoms with Crippen molar-refractivity contribution in [2.24, 2.45) is 0 Å². The molecule has 5 rings (SSSR count). The van der Waals surface area contributed by atoms with Crippen molar-refractivity contribution in [1.82, 2.24) is 24.6 Å². The first-order valence-corrected chi connectivity index (χ1v) is 13.3. The number of piperazine rings is 1. The summed E-state index contributed by atoms with van der Waals surface area (Å²) in [5, 5.41) is 15.1. The summed E-state index contributed by atoms with van der Waals surface area (Å²) >= 11 is 6.67. The quantitative estimate of drug-likeness (QED) is 0.341. The maximum absolute atomic E-state index is 14.9. The van der Waals surface area contributed by atoms with Crippen LogP contribution in [-0.4, -0.2) is 61.3 Å². The van der Waals surface area contributed by atoms with Crippen LogP contribution in [0.4, 0.5) is 10.2 Å². The third-order valence-corrected chi connectivity index (χ3v) is 7.30. The average molecular weight is 567 g/mol. The monoisotopic (exact) mass is 566 g/mol. The van der Waals surface area contributed by atoms with Crippen LogP contribution in [0.15, 0.2) is 46.2 Å². The molecule has 4 aromatic rings. The average Bonchev–Trinajstić information content (AvgIpc) is 3.27. The van der Waals surface area contributed by atoms with Gasteiger partial charge in [0.2, 0.25) is 5.91 Å². The number of hydrogen-bond acceptors (Lipinski definition) is 8. The Morgan fingerprint density at radius 1 is 1.32 bits per heavy atom. The van der Waals surface area contributed by atoms with Crippen molar-refractivity contribution in [1.29, 1.82) is 0 Å². The number of nitrogens with zero attached hydrogens (tertiary/aromatic N) is 6. The van der Waals surface area contributed by atoms with E-state index in [9.17, 15) is 19.1 Å². The van der Waals surface area contributed by atoms with Gasteiger partial charge in [0.25, 0.3) is 0 Å². The number of carbonyl (C=O) groups excluding carboxylic acids is 1. The zero-order valence-corrected chi connectivity index (χ0v) is 23.1. The van der Waals surface area contributed by atoms with Gasteiger partial charge in [-0.1, -0.05) is 36.3 Å². The van der Waals surface area contributed by atoms with Gasteiger partial charge in [-0.05, 0) is 44.5 Å². The van der Waals surface area contributed by atoms with E-state index in [1.807, 2.05) is 18.7 Å². The second kappa shape index (κ2) is 10.7. The Kier molecular flexibility index (Phi) is 7.33. The predicted octanol–water partition coefficient (Wildman–Crippen LogP) is 4.42. The van der Waals surface area contributed by atoms with Gasteiger partial charge >= 0.3 is 5.69 Å². The highest BCUT2D eigenvalue weighted by molar-refractivity contribution is 6.34. The summed E-state index contributed by atoms with van der Waals surface area (Å²) in [5.41, 5.74) is 0.157. The van der Waals surface area contributed by atoms with Crippen molar-refractivity contribution < 1.29 is 18.8 Å². The molecule has 3 aromatic heterocycles. The van der Waals surface area contributed by atoms with Gasteiger partial charge in [0.15, 0.2) is 11.4 Å². The van der Waals surface area contributed by atoms with Gasteiger partial charge in [0, 0.05) is 32.1 Å². The number of aryl methyl sites for hydroxylation is 2. The second-order valence-electron chi connectivity index (χ2n) is 9.70. The minimum absolute atomic E-state index is 0.0318. The fraction of sp³-hybridized carbons (Fsp3) is 0.321. The molecule has 208 valence electrons. The molecule has 1 aromatic carbocycles. The van der Waals surface area contributed by atoms with E-state index in [4.69, 9.17) is 16.1 Å². The minimum atomic E-state index is -0.721. The van der Waals surface area contributed by atoms with E-state index in [1.165, 1.54) is 28.8 Å². The number of aromatic nitrogens is 4. The Hall–Kier alpha value is -4.25. The number of phenols is 1. The molecule has 1 atom stereocenters. The molecule has 0 saturated carbocycles. The lowest BCUT2D eigenvalue weighted by molar-refractivity contribution is -0.126. The molecule has 1 aliphatic rings. The van der Waals surface area contributed by atoms with E-state index < -0.39 is 11.5 Å². The number of carbonyl (C=O) groups is 1. The van der Waals surface area contributed by atoms with Crippen molar-refractivity contribution in [3.8, 4) is 22.7 Å². The van der Waals surface area contributed by atoms with Crippen LogP contribution in [0.3, 0.4) is 0 Å². The van der Waals surface area contributed by atoms with E-state index in [0.29, 0.717) is 54.4 Å². The summed E-state index contributed by atoms with van der Waals surface area (Å²) in [7, 11) is 0. The van der Waals surface area contributed by atoms with Crippen LogP contribution in [0, 0.1) is 12.7 Å². The third-order valence-electron chi connectivity index (χ3n) is 7.02. The van der Waals surface area contributed by atoms with Crippen LogP contribution in [0.25, 0.3) is 28.0 Å². The molecule has 1 aliphatic heterocycles. The van der Waals surface area contributed by atoms with Crippen molar-refractivity contribution in [3.63, 3.8) is 0 Å².